The number of benzene rings is 3. The van der Waals surface area contributed by atoms with Gasteiger partial charge in [-0.05, 0) is 74.9 Å². The molecule has 0 fully saturated rings. The van der Waals surface area contributed by atoms with Crippen molar-refractivity contribution in [3.63, 3.8) is 0 Å². The number of hydrogen-bond donors (Lipinski definition) is 1. The Hall–Kier alpha value is -4.69. The summed E-state index contributed by atoms with van der Waals surface area (Å²) in [4.78, 5) is 31.7. The van der Waals surface area contributed by atoms with Crippen LogP contribution in [0.2, 0.25) is 0 Å². The zero-order valence-electron chi connectivity index (χ0n) is 23.3. The van der Waals surface area contributed by atoms with E-state index in [9.17, 15) is 9.59 Å². The third kappa shape index (κ3) is 6.07. The number of nitrogens with one attached hydrogen (secondary N) is 1. The number of hydrogen-bond acceptors (Lipinski definition) is 7. The third-order valence-electron chi connectivity index (χ3n) is 6.38. The molecule has 7 nitrogen and oxygen atoms in total. The number of rotatable bonds is 9. The van der Waals surface area contributed by atoms with Crippen LogP contribution in [0.3, 0.4) is 0 Å². The van der Waals surface area contributed by atoms with E-state index in [0.717, 1.165) is 16.9 Å². The largest absolute Gasteiger partial charge is 0.497 e. The van der Waals surface area contributed by atoms with Gasteiger partial charge in [0.15, 0.2) is 0 Å². The van der Waals surface area contributed by atoms with E-state index in [1.165, 1.54) is 11.3 Å². The van der Waals surface area contributed by atoms with Crippen molar-refractivity contribution in [2.45, 2.75) is 26.9 Å². The molecule has 0 unspecified atom stereocenters. The predicted molar refractivity (Wildman–Crippen MR) is 163 cm³/mol. The predicted octanol–water partition coefficient (Wildman–Crippen LogP) is 7.86. The number of nitrogens with zero attached hydrogens (tertiary/aromatic N) is 1. The zero-order valence-corrected chi connectivity index (χ0v) is 24.1. The summed E-state index contributed by atoms with van der Waals surface area (Å²) in [5.41, 5.74) is 4.44. The Balaban J connectivity index is 1.53. The lowest BCUT2D eigenvalue weighted by atomic mass is 10.0. The molecule has 1 amide bonds. The summed E-state index contributed by atoms with van der Waals surface area (Å²) in [6, 6.07) is 24.3. The van der Waals surface area contributed by atoms with Crippen molar-refractivity contribution in [1.82, 2.24) is 4.98 Å². The van der Waals surface area contributed by atoms with Gasteiger partial charge >= 0.3 is 5.97 Å². The number of carbonyl (C=O) groups excluding carboxylic acids is 2. The molecule has 0 saturated heterocycles. The van der Waals surface area contributed by atoms with Crippen LogP contribution in [-0.2, 0) is 4.74 Å². The van der Waals surface area contributed by atoms with Gasteiger partial charge < -0.3 is 19.5 Å². The molecule has 8 heteroatoms. The number of para-hydroxylation sites is 1. The van der Waals surface area contributed by atoms with Gasteiger partial charge in [0, 0.05) is 21.9 Å². The van der Waals surface area contributed by atoms with Crippen molar-refractivity contribution in [3.8, 4) is 33.9 Å². The maximum atomic E-state index is 13.8. The lowest BCUT2D eigenvalue weighted by Gasteiger charge is -2.13. The van der Waals surface area contributed by atoms with Gasteiger partial charge in [-0.3, -0.25) is 4.79 Å². The fraction of sp³-hybridized carbons (Fsp3) is 0.182. The van der Waals surface area contributed by atoms with Crippen LogP contribution in [0, 0.1) is 0 Å². The van der Waals surface area contributed by atoms with Crippen LogP contribution in [0.15, 0.2) is 84.2 Å². The van der Waals surface area contributed by atoms with Crippen LogP contribution in [0.4, 0.5) is 5.00 Å². The third-order valence-corrected chi connectivity index (χ3v) is 7.28. The molecule has 5 rings (SSSR count). The molecule has 0 aliphatic rings. The highest BCUT2D eigenvalue weighted by Crippen LogP contribution is 2.37. The molecular formula is C33H30N2O5S. The smallest absolute Gasteiger partial charge is 0.341 e. The SMILES string of the molecule is CCOC(=O)c1c(-c2ccc(OC)cc2)csc1NC(=O)c1cc(-c2ccc(OC(C)C)cc2)nc2ccccc12. The summed E-state index contributed by atoms with van der Waals surface area (Å²) in [7, 11) is 1.60. The minimum Gasteiger partial charge on any atom is -0.497 e. The van der Waals surface area contributed by atoms with Crippen molar-refractivity contribution >= 4 is 39.1 Å². The standard InChI is InChI=1S/C33H30N2O5S/c1-5-39-33(37)30-27(21-10-14-23(38-4)15-11-21)19-41-32(30)35-31(36)26-18-29(34-28-9-7-6-8-25(26)28)22-12-16-24(17-13-22)40-20(2)3/h6-20H,5H2,1-4H3,(H,35,36). The number of fused-ring (bicyclic) bond motifs is 1. The normalized spacial score (nSPS) is 11.0. The molecule has 5 aromatic rings. The first-order valence-corrected chi connectivity index (χ1v) is 14.2. The van der Waals surface area contributed by atoms with Gasteiger partial charge in [0.2, 0.25) is 0 Å². The number of pyridine rings is 1. The summed E-state index contributed by atoms with van der Waals surface area (Å²) in [5.74, 6) is 0.620. The average molecular weight is 567 g/mol. The molecule has 2 aromatic heterocycles. The number of methoxy groups -OCH3 is 1. The molecule has 0 radical (unpaired) electrons. The first kappa shape index (κ1) is 27.9. The van der Waals surface area contributed by atoms with Gasteiger partial charge in [0.25, 0.3) is 5.91 Å². The number of thiophene rings is 1. The number of aromatic nitrogens is 1. The second-order valence-electron chi connectivity index (χ2n) is 9.52. The number of esters is 1. The van der Waals surface area contributed by atoms with Crippen molar-refractivity contribution < 1.29 is 23.8 Å². The molecule has 41 heavy (non-hydrogen) atoms. The Morgan fingerprint density at radius 1 is 0.927 bits per heavy atom. The van der Waals surface area contributed by atoms with E-state index >= 15 is 0 Å². The molecule has 0 bridgehead atoms. The van der Waals surface area contributed by atoms with Crippen molar-refractivity contribution in [2.24, 2.45) is 0 Å². The van der Waals surface area contributed by atoms with Crippen LogP contribution in [0.1, 0.15) is 41.5 Å². The summed E-state index contributed by atoms with van der Waals surface area (Å²) >= 11 is 1.28. The number of carbonyl (C=O) groups is 2. The first-order valence-electron chi connectivity index (χ1n) is 13.3. The van der Waals surface area contributed by atoms with Crippen LogP contribution < -0.4 is 14.8 Å². The fourth-order valence-corrected chi connectivity index (χ4v) is 5.45. The molecule has 1 N–H and O–H groups in total. The van der Waals surface area contributed by atoms with Gasteiger partial charge in [0.1, 0.15) is 22.1 Å². The van der Waals surface area contributed by atoms with Gasteiger partial charge in [-0.25, -0.2) is 9.78 Å². The van der Waals surface area contributed by atoms with Crippen molar-refractivity contribution in [2.75, 3.05) is 19.0 Å². The Labute approximate surface area is 242 Å². The summed E-state index contributed by atoms with van der Waals surface area (Å²) < 4.78 is 16.4. The minimum atomic E-state index is -0.501. The van der Waals surface area contributed by atoms with E-state index < -0.39 is 5.97 Å². The van der Waals surface area contributed by atoms with E-state index in [-0.39, 0.29) is 18.6 Å². The molecule has 0 aliphatic heterocycles. The summed E-state index contributed by atoms with van der Waals surface area (Å²) in [6.45, 7) is 5.92. The van der Waals surface area contributed by atoms with Crippen LogP contribution in [-0.4, -0.2) is 36.7 Å². The molecule has 0 atom stereocenters. The van der Waals surface area contributed by atoms with Crippen molar-refractivity contribution in [3.05, 3.63) is 95.4 Å². The van der Waals surface area contributed by atoms with Crippen LogP contribution in [0.5, 0.6) is 11.5 Å². The summed E-state index contributed by atoms with van der Waals surface area (Å²) in [5, 5.41) is 5.95. The molecule has 2 heterocycles. The lowest BCUT2D eigenvalue weighted by molar-refractivity contribution is 0.0529. The van der Waals surface area contributed by atoms with Gasteiger partial charge in [-0.2, -0.15) is 0 Å². The van der Waals surface area contributed by atoms with E-state index in [1.54, 1.807) is 20.1 Å². The monoisotopic (exact) mass is 566 g/mol. The van der Waals surface area contributed by atoms with E-state index in [0.29, 0.717) is 44.0 Å². The van der Waals surface area contributed by atoms with Gasteiger partial charge in [-0.15, -0.1) is 11.3 Å². The van der Waals surface area contributed by atoms with Gasteiger partial charge in [-0.1, -0.05) is 30.3 Å². The topological polar surface area (TPSA) is 86.8 Å². The second-order valence-corrected chi connectivity index (χ2v) is 10.4. The maximum Gasteiger partial charge on any atom is 0.341 e. The van der Waals surface area contributed by atoms with Gasteiger partial charge in [0.05, 0.1) is 36.6 Å². The second kappa shape index (κ2) is 12.2. The highest BCUT2D eigenvalue weighted by Gasteiger charge is 2.24. The van der Waals surface area contributed by atoms with E-state index in [4.69, 9.17) is 19.2 Å². The first-order chi connectivity index (χ1) is 19.9. The fourth-order valence-electron chi connectivity index (χ4n) is 4.50. The zero-order chi connectivity index (χ0) is 28.9. The van der Waals surface area contributed by atoms with E-state index in [2.05, 4.69) is 5.32 Å². The number of ether oxygens (including phenoxy) is 3. The van der Waals surface area contributed by atoms with Crippen molar-refractivity contribution in [1.29, 1.82) is 0 Å². The number of anilines is 1. The van der Waals surface area contributed by atoms with Crippen LogP contribution in [0.25, 0.3) is 33.3 Å². The number of amides is 1. The molecule has 3 aromatic carbocycles. The Morgan fingerprint density at radius 3 is 2.29 bits per heavy atom. The Morgan fingerprint density at radius 2 is 1.61 bits per heavy atom. The highest BCUT2D eigenvalue weighted by atomic mass is 32.1. The van der Waals surface area contributed by atoms with E-state index in [1.807, 2.05) is 92.0 Å². The molecule has 0 aliphatic carbocycles. The average Bonchev–Trinajstić information content (AvgIpc) is 3.40. The summed E-state index contributed by atoms with van der Waals surface area (Å²) in [6.07, 6.45) is 0.0666. The van der Waals surface area contributed by atoms with Crippen LogP contribution >= 0.6 is 11.3 Å². The Kier molecular flexibility index (Phi) is 8.31. The molecular weight excluding hydrogens is 536 g/mol. The molecule has 0 spiro atoms. The molecule has 0 saturated carbocycles. The lowest BCUT2D eigenvalue weighted by Crippen LogP contribution is -2.15. The quantitative estimate of drug-likeness (QED) is 0.183. The minimum absolute atomic E-state index is 0.0666. The Bertz CT molecular complexity index is 1690. The highest BCUT2D eigenvalue weighted by molar-refractivity contribution is 7.15. The maximum absolute atomic E-state index is 13.8. The molecule has 208 valence electrons.